The number of nitriles is 1. The van der Waals surface area contributed by atoms with Gasteiger partial charge in [0.25, 0.3) is 11.8 Å². The molecule has 1 aliphatic rings. The number of ether oxygens (including phenoxy) is 2. The Bertz CT molecular complexity index is 1260. The largest absolute Gasteiger partial charge is 0.385 e. The smallest absolute Gasteiger partial charge is 0.258 e. The summed E-state index contributed by atoms with van der Waals surface area (Å²) in [6, 6.07) is 10.2. The molecule has 0 bridgehead atoms. The molecule has 10 heteroatoms. The lowest BCUT2D eigenvalue weighted by Gasteiger charge is -2.24. The molecular formula is C25H28N6O4. The van der Waals surface area contributed by atoms with Crippen LogP contribution in [0.2, 0.25) is 0 Å². The van der Waals surface area contributed by atoms with E-state index in [0.717, 1.165) is 12.8 Å². The summed E-state index contributed by atoms with van der Waals surface area (Å²) in [7, 11) is 3.26. The molecule has 0 unspecified atom stereocenters. The molecule has 1 aromatic carbocycles. The Morgan fingerprint density at radius 2 is 2.09 bits per heavy atom. The zero-order valence-corrected chi connectivity index (χ0v) is 19.9. The van der Waals surface area contributed by atoms with E-state index in [1.54, 1.807) is 49.2 Å². The van der Waals surface area contributed by atoms with Gasteiger partial charge in [-0.1, -0.05) is 6.07 Å². The number of carbonyl (C=O) groups excluding carboxylic acids is 2. The van der Waals surface area contributed by atoms with Crippen LogP contribution in [0.5, 0.6) is 0 Å². The number of hydrogen-bond donors (Lipinski definition) is 1. The highest BCUT2D eigenvalue weighted by Gasteiger charge is 2.30. The quantitative estimate of drug-likeness (QED) is 0.471. The molecule has 0 radical (unpaired) electrons. The molecule has 4 rings (SSSR count). The molecule has 0 saturated carbocycles. The van der Waals surface area contributed by atoms with E-state index >= 15 is 0 Å². The van der Waals surface area contributed by atoms with E-state index in [1.165, 1.54) is 6.07 Å². The SMILES string of the molecule is COCCCn1c(NC(=O)c2cccc(C#N)c2)nc2cc(C(=O)N3CCC[C@H]3COC)cnc21. The topological polar surface area (TPSA) is 122 Å². The third-order valence-corrected chi connectivity index (χ3v) is 6.04. The number of nitrogens with zero attached hydrogens (tertiary/aromatic N) is 5. The summed E-state index contributed by atoms with van der Waals surface area (Å²) in [5, 5.41) is 12.0. The van der Waals surface area contributed by atoms with E-state index in [9.17, 15) is 9.59 Å². The fourth-order valence-corrected chi connectivity index (χ4v) is 4.34. The number of amides is 2. The van der Waals surface area contributed by atoms with Crippen molar-refractivity contribution < 1.29 is 19.1 Å². The molecule has 0 spiro atoms. The van der Waals surface area contributed by atoms with Gasteiger partial charge < -0.3 is 14.4 Å². The number of aromatic nitrogens is 3. The van der Waals surface area contributed by atoms with Crippen molar-refractivity contribution in [2.45, 2.75) is 31.8 Å². The molecule has 35 heavy (non-hydrogen) atoms. The number of hydrogen-bond acceptors (Lipinski definition) is 7. The molecule has 2 amide bonds. The number of pyridine rings is 1. The predicted octanol–water partition coefficient (Wildman–Crippen LogP) is 2.84. The Kier molecular flexibility index (Phi) is 7.70. The van der Waals surface area contributed by atoms with Crippen molar-refractivity contribution >= 4 is 28.9 Å². The second kappa shape index (κ2) is 11.1. The predicted molar refractivity (Wildman–Crippen MR) is 129 cm³/mol. The van der Waals surface area contributed by atoms with Crippen LogP contribution in [-0.4, -0.2) is 71.3 Å². The number of methoxy groups -OCH3 is 2. The molecule has 3 aromatic rings. The number of anilines is 1. The number of benzene rings is 1. The molecule has 10 nitrogen and oxygen atoms in total. The number of carbonyl (C=O) groups is 2. The standard InChI is InChI=1S/C25H28N6O4/c1-34-11-5-10-31-22-21(28-25(31)29-23(32)18-7-3-6-17(12-18)14-26)13-19(15-27-22)24(33)30-9-4-8-20(30)16-35-2/h3,6-7,12-13,15,20H,4-5,8-11,16H2,1-2H3,(H,28,29,32)/t20-/m0/s1. The lowest BCUT2D eigenvalue weighted by Crippen LogP contribution is -2.38. The fraction of sp³-hybridized carbons (Fsp3) is 0.400. The van der Waals surface area contributed by atoms with Crippen molar-refractivity contribution in [3.05, 3.63) is 53.2 Å². The minimum atomic E-state index is -0.388. The number of fused-ring (bicyclic) bond motifs is 1. The Labute approximate surface area is 203 Å². The molecule has 1 aliphatic heterocycles. The number of nitrogens with one attached hydrogen (secondary N) is 1. The maximum Gasteiger partial charge on any atom is 0.258 e. The summed E-state index contributed by atoms with van der Waals surface area (Å²) in [5.74, 6) is -0.174. The lowest BCUT2D eigenvalue weighted by atomic mass is 10.1. The van der Waals surface area contributed by atoms with Gasteiger partial charge in [-0.25, -0.2) is 9.97 Å². The van der Waals surface area contributed by atoms with Gasteiger partial charge in [-0.3, -0.25) is 19.5 Å². The second-order valence-electron chi connectivity index (χ2n) is 8.40. The highest BCUT2D eigenvalue weighted by Crippen LogP contribution is 2.24. The van der Waals surface area contributed by atoms with Gasteiger partial charge in [-0.2, -0.15) is 5.26 Å². The van der Waals surface area contributed by atoms with Gasteiger partial charge in [0.15, 0.2) is 5.65 Å². The van der Waals surface area contributed by atoms with Crippen molar-refractivity contribution in [2.24, 2.45) is 0 Å². The average molecular weight is 477 g/mol. The molecule has 1 N–H and O–H groups in total. The van der Waals surface area contributed by atoms with Crippen molar-refractivity contribution in [3.63, 3.8) is 0 Å². The van der Waals surface area contributed by atoms with Crippen LogP contribution in [0.25, 0.3) is 11.2 Å². The first-order valence-corrected chi connectivity index (χ1v) is 11.5. The highest BCUT2D eigenvalue weighted by atomic mass is 16.5. The van der Waals surface area contributed by atoms with Gasteiger partial charge in [-0.15, -0.1) is 0 Å². The van der Waals surface area contributed by atoms with E-state index < -0.39 is 0 Å². The molecule has 182 valence electrons. The van der Waals surface area contributed by atoms with Crippen LogP contribution >= 0.6 is 0 Å². The van der Waals surface area contributed by atoms with Gasteiger partial charge in [-0.05, 0) is 43.5 Å². The summed E-state index contributed by atoms with van der Waals surface area (Å²) in [6.07, 6.45) is 4.09. The first-order valence-electron chi connectivity index (χ1n) is 11.5. The first-order chi connectivity index (χ1) is 17.0. The summed E-state index contributed by atoms with van der Waals surface area (Å²) in [4.78, 5) is 37.0. The lowest BCUT2D eigenvalue weighted by molar-refractivity contribution is 0.0630. The van der Waals surface area contributed by atoms with Crippen LogP contribution in [-0.2, 0) is 16.0 Å². The van der Waals surface area contributed by atoms with E-state index in [-0.39, 0.29) is 17.9 Å². The van der Waals surface area contributed by atoms with Gasteiger partial charge in [0.1, 0.15) is 5.52 Å². The zero-order valence-electron chi connectivity index (χ0n) is 19.9. The van der Waals surface area contributed by atoms with Gasteiger partial charge in [0, 0.05) is 45.7 Å². The maximum atomic E-state index is 13.2. The number of aryl methyl sites for hydroxylation is 1. The molecular weight excluding hydrogens is 448 g/mol. The Morgan fingerprint density at radius 1 is 1.23 bits per heavy atom. The molecule has 1 fully saturated rings. The van der Waals surface area contributed by atoms with Crippen molar-refractivity contribution in [3.8, 4) is 6.07 Å². The van der Waals surface area contributed by atoms with Crippen LogP contribution < -0.4 is 5.32 Å². The third kappa shape index (κ3) is 5.31. The van der Waals surface area contributed by atoms with Crippen LogP contribution in [0.3, 0.4) is 0 Å². The zero-order chi connectivity index (χ0) is 24.8. The molecule has 2 aromatic heterocycles. The monoisotopic (exact) mass is 476 g/mol. The number of imidazole rings is 1. The van der Waals surface area contributed by atoms with E-state index in [4.69, 9.17) is 14.7 Å². The van der Waals surface area contributed by atoms with Crippen LogP contribution in [0.1, 0.15) is 45.5 Å². The molecule has 3 heterocycles. The summed E-state index contributed by atoms with van der Waals surface area (Å²) < 4.78 is 12.2. The Morgan fingerprint density at radius 3 is 2.86 bits per heavy atom. The first kappa shape index (κ1) is 24.3. The number of likely N-dealkylation sites (tertiary alicyclic amines) is 1. The minimum absolute atomic E-state index is 0.0498. The van der Waals surface area contributed by atoms with Crippen LogP contribution in [0.4, 0.5) is 5.95 Å². The fourth-order valence-electron chi connectivity index (χ4n) is 4.34. The van der Waals surface area contributed by atoms with E-state index in [2.05, 4.69) is 15.3 Å². The van der Waals surface area contributed by atoms with Crippen LogP contribution in [0.15, 0.2) is 36.5 Å². The van der Waals surface area contributed by atoms with Gasteiger partial charge >= 0.3 is 0 Å². The molecule has 1 atom stereocenters. The van der Waals surface area contributed by atoms with Crippen molar-refractivity contribution in [2.75, 3.05) is 39.3 Å². The van der Waals surface area contributed by atoms with Gasteiger partial charge in [0.05, 0.1) is 29.8 Å². The third-order valence-electron chi connectivity index (χ3n) is 6.04. The van der Waals surface area contributed by atoms with Crippen molar-refractivity contribution in [1.82, 2.24) is 19.4 Å². The Hall–Kier alpha value is -3.81. The maximum absolute atomic E-state index is 13.2. The normalized spacial score (nSPS) is 15.3. The number of rotatable bonds is 9. The van der Waals surface area contributed by atoms with E-state index in [0.29, 0.717) is 66.5 Å². The molecule has 0 aliphatic carbocycles. The van der Waals surface area contributed by atoms with Gasteiger partial charge in [0.2, 0.25) is 5.95 Å². The van der Waals surface area contributed by atoms with E-state index in [1.807, 2.05) is 11.0 Å². The minimum Gasteiger partial charge on any atom is -0.385 e. The second-order valence-corrected chi connectivity index (χ2v) is 8.40. The Balaban J connectivity index is 1.64. The summed E-state index contributed by atoms with van der Waals surface area (Å²) in [6.45, 7) is 2.22. The molecule has 1 saturated heterocycles. The van der Waals surface area contributed by atoms with Crippen molar-refractivity contribution in [1.29, 1.82) is 5.26 Å². The average Bonchev–Trinajstić information content (AvgIpc) is 3.48. The summed E-state index contributed by atoms with van der Waals surface area (Å²) >= 11 is 0. The highest BCUT2D eigenvalue weighted by molar-refractivity contribution is 6.04. The summed E-state index contributed by atoms with van der Waals surface area (Å²) in [5.41, 5.74) is 2.26. The van der Waals surface area contributed by atoms with Crippen LogP contribution in [0, 0.1) is 11.3 Å².